The standard InChI is InChI=1S/C14H10O14S2/c15-5-1-3(9(19)13(29(23,24)25)11(21)7(1)17)6(16)2-4(5)10(20)14(30(26,27)28)12(22)8(2)18/h15-22H,(H,23,24,25)(H,26,27,28). The van der Waals surface area contributed by atoms with Crippen LogP contribution in [0.5, 0.6) is 46.0 Å². The molecule has 10 N–H and O–H groups in total. The zero-order valence-corrected chi connectivity index (χ0v) is 15.6. The van der Waals surface area contributed by atoms with Gasteiger partial charge in [-0.15, -0.1) is 0 Å². The SMILES string of the molecule is O=S(=O)(O)c1c(O)c(O)c2c(O)c3c(O)c(S(=O)(=O)O)c(O)c(O)c3c(O)c2c1O. The van der Waals surface area contributed by atoms with Crippen LogP contribution in [-0.4, -0.2) is 66.8 Å². The molecule has 162 valence electrons. The molecule has 16 heteroatoms. The van der Waals surface area contributed by atoms with Crippen molar-refractivity contribution in [2.75, 3.05) is 0 Å². The Kier molecular flexibility index (Phi) is 4.19. The largest absolute Gasteiger partial charge is 0.506 e. The van der Waals surface area contributed by atoms with Crippen molar-refractivity contribution in [3.8, 4) is 46.0 Å². The summed E-state index contributed by atoms with van der Waals surface area (Å²) in [5, 5.41) is 76.2. The molecule has 14 nitrogen and oxygen atoms in total. The molecule has 0 saturated carbocycles. The topological polar surface area (TPSA) is 271 Å². The van der Waals surface area contributed by atoms with E-state index in [1.165, 1.54) is 0 Å². The fourth-order valence-electron chi connectivity index (χ4n) is 3.04. The van der Waals surface area contributed by atoms with Crippen LogP contribution in [0.2, 0.25) is 0 Å². The third-order valence-corrected chi connectivity index (χ3v) is 6.02. The molecule has 0 saturated heterocycles. The number of fused-ring (bicyclic) bond motifs is 2. The van der Waals surface area contributed by atoms with Gasteiger partial charge in [-0.3, -0.25) is 9.11 Å². The number of benzene rings is 3. The first kappa shape index (κ1) is 21.1. The van der Waals surface area contributed by atoms with Gasteiger partial charge in [-0.1, -0.05) is 0 Å². The van der Waals surface area contributed by atoms with Gasteiger partial charge in [0.2, 0.25) is 0 Å². The van der Waals surface area contributed by atoms with E-state index in [0.717, 1.165) is 0 Å². The van der Waals surface area contributed by atoms with E-state index in [2.05, 4.69) is 0 Å². The zero-order chi connectivity index (χ0) is 23.1. The van der Waals surface area contributed by atoms with E-state index in [0.29, 0.717) is 0 Å². The Labute approximate surface area is 164 Å². The predicted octanol–water partition coefficient (Wildman–Crippen LogP) is 0.131. The lowest BCUT2D eigenvalue weighted by Gasteiger charge is -2.18. The average molecular weight is 466 g/mol. The summed E-state index contributed by atoms with van der Waals surface area (Å²) >= 11 is 0. The Balaban J connectivity index is 2.84. The quantitative estimate of drug-likeness (QED) is 0.104. The van der Waals surface area contributed by atoms with Crippen LogP contribution >= 0.6 is 0 Å². The van der Waals surface area contributed by atoms with Gasteiger partial charge in [-0.25, -0.2) is 0 Å². The van der Waals surface area contributed by atoms with E-state index < -0.39 is 97.6 Å². The number of phenolic OH excluding ortho intramolecular Hbond substituents is 8. The first-order chi connectivity index (χ1) is 13.5. The first-order valence-corrected chi connectivity index (χ1v) is 10.1. The Morgan fingerprint density at radius 3 is 0.833 bits per heavy atom. The molecule has 30 heavy (non-hydrogen) atoms. The highest BCUT2D eigenvalue weighted by atomic mass is 32.2. The maximum Gasteiger partial charge on any atom is 0.302 e. The Morgan fingerprint density at radius 1 is 0.367 bits per heavy atom. The molecule has 0 aliphatic heterocycles. The van der Waals surface area contributed by atoms with E-state index >= 15 is 0 Å². The fraction of sp³-hybridized carbons (Fsp3) is 0. The molecule has 0 heterocycles. The number of phenols is 8. The summed E-state index contributed by atoms with van der Waals surface area (Å²) in [5.74, 6) is -12.7. The van der Waals surface area contributed by atoms with Gasteiger partial charge in [-0.2, -0.15) is 16.8 Å². The van der Waals surface area contributed by atoms with Crippen LogP contribution in [0.15, 0.2) is 9.79 Å². The molecule has 0 bridgehead atoms. The number of hydrogen-bond acceptors (Lipinski definition) is 12. The summed E-state index contributed by atoms with van der Waals surface area (Å²) in [6, 6.07) is 0. The van der Waals surface area contributed by atoms with Crippen molar-refractivity contribution >= 4 is 41.8 Å². The molecule has 3 aromatic carbocycles. The van der Waals surface area contributed by atoms with Crippen molar-refractivity contribution in [2.45, 2.75) is 9.79 Å². The molecule has 0 aromatic heterocycles. The minimum Gasteiger partial charge on any atom is -0.506 e. The summed E-state index contributed by atoms with van der Waals surface area (Å²) in [5.41, 5.74) is 0. The van der Waals surface area contributed by atoms with Gasteiger partial charge in [0.1, 0.15) is 11.5 Å². The van der Waals surface area contributed by atoms with Gasteiger partial charge < -0.3 is 40.9 Å². The molecule has 0 unspecified atom stereocenters. The molecule has 3 aromatic rings. The van der Waals surface area contributed by atoms with Crippen LogP contribution in [0, 0.1) is 0 Å². The molecule has 0 amide bonds. The van der Waals surface area contributed by atoms with Crippen molar-refractivity contribution in [3.05, 3.63) is 0 Å². The van der Waals surface area contributed by atoms with Gasteiger partial charge in [-0.05, 0) is 0 Å². The molecule has 0 aliphatic carbocycles. The normalized spacial score (nSPS) is 12.6. The van der Waals surface area contributed by atoms with Gasteiger partial charge >= 0.3 is 20.2 Å². The van der Waals surface area contributed by atoms with Crippen molar-refractivity contribution in [3.63, 3.8) is 0 Å². The molecule has 3 rings (SSSR count). The summed E-state index contributed by atoms with van der Waals surface area (Å²) in [4.78, 5) is -3.41. The Morgan fingerprint density at radius 2 is 0.600 bits per heavy atom. The van der Waals surface area contributed by atoms with Crippen LogP contribution < -0.4 is 0 Å². The molecule has 0 spiro atoms. The lowest BCUT2D eigenvalue weighted by atomic mass is 9.97. The van der Waals surface area contributed by atoms with Gasteiger partial charge in [0, 0.05) is 0 Å². The van der Waals surface area contributed by atoms with Crippen LogP contribution in [0.1, 0.15) is 0 Å². The van der Waals surface area contributed by atoms with E-state index in [1.807, 2.05) is 0 Å². The highest BCUT2D eigenvalue weighted by Crippen LogP contribution is 2.60. The van der Waals surface area contributed by atoms with Crippen LogP contribution in [0.4, 0.5) is 0 Å². The second-order valence-corrected chi connectivity index (χ2v) is 8.61. The summed E-state index contributed by atoms with van der Waals surface area (Å²) in [6.07, 6.45) is 0. The molecular weight excluding hydrogens is 456 g/mol. The van der Waals surface area contributed by atoms with Crippen molar-refractivity contribution in [1.82, 2.24) is 0 Å². The third-order valence-electron chi connectivity index (χ3n) is 4.22. The monoisotopic (exact) mass is 466 g/mol. The van der Waals surface area contributed by atoms with Crippen LogP contribution in [-0.2, 0) is 20.2 Å². The van der Waals surface area contributed by atoms with Crippen molar-refractivity contribution < 1.29 is 66.8 Å². The number of rotatable bonds is 2. The average Bonchev–Trinajstić information content (AvgIpc) is 2.56. The summed E-state index contributed by atoms with van der Waals surface area (Å²) < 4.78 is 64.0. The fourth-order valence-corrected chi connectivity index (χ4v) is 4.41. The highest BCUT2D eigenvalue weighted by molar-refractivity contribution is 7.86. The minimum atomic E-state index is -5.44. The lowest BCUT2D eigenvalue weighted by molar-refractivity contribution is 0.372. The second-order valence-electron chi connectivity index (χ2n) is 5.90. The van der Waals surface area contributed by atoms with Gasteiger partial charge in [0.15, 0.2) is 44.3 Å². The number of hydrogen-bond donors (Lipinski definition) is 10. The molecule has 0 aliphatic rings. The summed E-state index contributed by atoms with van der Waals surface area (Å²) in [6.45, 7) is 0. The second kappa shape index (κ2) is 5.95. The molecule has 0 radical (unpaired) electrons. The van der Waals surface area contributed by atoms with Crippen molar-refractivity contribution in [1.29, 1.82) is 0 Å². The van der Waals surface area contributed by atoms with E-state index in [-0.39, 0.29) is 0 Å². The highest BCUT2D eigenvalue weighted by Gasteiger charge is 2.36. The van der Waals surface area contributed by atoms with Crippen molar-refractivity contribution in [2.24, 2.45) is 0 Å². The maximum absolute atomic E-state index is 11.4. The van der Waals surface area contributed by atoms with Crippen LogP contribution in [0.25, 0.3) is 21.5 Å². The Hall–Kier alpha value is -3.60. The minimum absolute atomic E-state index is 1.16. The summed E-state index contributed by atoms with van der Waals surface area (Å²) in [7, 11) is -10.9. The zero-order valence-electron chi connectivity index (χ0n) is 13.9. The third kappa shape index (κ3) is 2.55. The van der Waals surface area contributed by atoms with Gasteiger partial charge in [0.25, 0.3) is 0 Å². The molecule has 0 atom stereocenters. The lowest BCUT2D eigenvalue weighted by Crippen LogP contribution is -2.02. The first-order valence-electron chi connectivity index (χ1n) is 7.23. The molecule has 0 fully saturated rings. The smallest absolute Gasteiger partial charge is 0.302 e. The Bertz CT molecular complexity index is 1390. The molecular formula is C14H10O14S2. The maximum atomic E-state index is 11.4. The van der Waals surface area contributed by atoms with Crippen LogP contribution in [0.3, 0.4) is 0 Å². The van der Waals surface area contributed by atoms with Gasteiger partial charge in [0.05, 0.1) is 21.5 Å². The van der Waals surface area contributed by atoms with E-state index in [9.17, 15) is 57.7 Å². The predicted molar refractivity (Wildman–Crippen MR) is 94.4 cm³/mol. The number of aromatic hydroxyl groups is 8. The van der Waals surface area contributed by atoms with E-state index in [1.54, 1.807) is 0 Å². The van der Waals surface area contributed by atoms with E-state index in [4.69, 9.17) is 9.11 Å².